The molecule has 21 heavy (non-hydrogen) atoms. The summed E-state index contributed by atoms with van der Waals surface area (Å²) in [6, 6.07) is 0. The molecule has 2 rings (SSSR count). The molecule has 1 aromatic rings. The first-order valence-corrected chi connectivity index (χ1v) is 8.56. The highest BCUT2D eigenvalue weighted by atomic mass is 32.2. The highest BCUT2D eigenvalue weighted by Crippen LogP contribution is 2.30. The van der Waals surface area contributed by atoms with Crippen LogP contribution in [0.25, 0.3) is 0 Å². The Labute approximate surface area is 131 Å². The van der Waals surface area contributed by atoms with E-state index in [0.29, 0.717) is 28.9 Å². The van der Waals surface area contributed by atoms with Crippen molar-refractivity contribution < 1.29 is 14.3 Å². The number of nitrogens with zero attached hydrogens (tertiary/aromatic N) is 2. The van der Waals surface area contributed by atoms with Gasteiger partial charge < -0.3 is 10.5 Å². The minimum Gasteiger partial charge on any atom is -0.465 e. The fraction of sp³-hybridized carbons (Fsp3) is 0.667. The molecule has 0 saturated heterocycles. The van der Waals surface area contributed by atoms with Gasteiger partial charge >= 0.3 is 5.97 Å². The minimum atomic E-state index is -0.788. The molecule has 1 saturated carbocycles. The standard InChI is InChI=1S/C12H18N4O3S2/c1-2-19-8(17)7-20-11-16-15-10(21-11)14-9(18)12(13)5-3-4-6-12/h2-7,13H2,1H3,(H,14,15,18). The van der Waals surface area contributed by atoms with Crippen LogP contribution in [0.15, 0.2) is 4.34 Å². The van der Waals surface area contributed by atoms with Gasteiger partial charge in [0.05, 0.1) is 17.9 Å². The molecule has 0 aliphatic heterocycles. The molecule has 1 amide bonds. The molecular formula is C12H18N4O3S2. The van der Waals surface area contributed by atoms with Gasteiger partial charge in [-0.25, -0.2) is 0 Å². The van der Waals surface area contributed by atoms with Crippen molar-refractivity contribution in [3.8, 4) is 0 Å². The summed E-state index contributed by atoms with van der Waals surface area (Å²) in [7, 11) is 0. The van der Waals surface area contributed by atoms with Crippen LogP contribution in [0.3, 0.4) is 0 Å². The lowest BCUT2D eigenvalue weighted by atomic mass is 9.98. The molecule has 1 heterocycles. The molecule has 116 valence electrons. The lowest BCUT2D eigenvalue weighted by molar-refractivity contribution is -0.139. The maximum absolute atomic E-state index is 12.1. The highest BCUT2D eigenvalue weighted by molar-refractivity contribution is 8.01. The van der Waals surface area contributed by atoms with Gasteiger partial charge in [0.25, 0.3) is 0 Å². The molecule has 0 spiro atoms. The van der Waals surface area contributed by atoms with E-state index in [1.54, 1.807) is 6.92 Å². The van der Waals surface area contributed by atoms with Crippen molar-refractivity contribution in [3.05, 3.63) is 0 Å². The van der Waals surface area contributed by atoms with Crippen molar-refractivity contribution in [1.82, 2.24) is 10.2 Å². The van der Waals surface area contributed by atoms with E-state index in [2.05, 4.69) is 15.5 Å². The zero-order valence-electron chi connectivity index (χ0n) is 11.8. The Kier molecular flexibility index (Phi) is 5.54. The number of anilines is 1. The molecule has 0 radical (unpaired) electrons. The van der Waals surface area contributed by atoms with Gasteiger partial charge in [0.1, 0.15) is 0 Å². The summed E-state index contributed by atoms with van der Waals surface area (Å²) >= 11 is 2.46. The summed E-state index contributed by atoms with van der Waals surface area (Å²) in [4.78, 5) is 23.4. The quantitative estimate of drug-likeness (QED) is 0.461. The number of nitrogens with one attached hydrogen (secondary N) is 1. The van der Waals surface area contributed by atoms with Crippen LogP contribution in [0.1, 0.15) is 32.6 Å². The van der Waals surface area contributed by atoms with Crippen LogP contribution in [0.5, 0.6) is 0 Å². The Morgan fingerprint density at radius 2 is 2.14 bits per heavy atom. The molecule has 1 aromatic heterocycles. The molecule has 1 aliphatic carbocycles. The summed E-state index contributed by atoms with van der Waals surface area (Å²) in [6.07, 6.45) is 3.34. The topological polar surface area (TPSA) is 107 Å². The van der Waals surface area contributed by atoms with Crippen molar-refractivity contribution in [2.45, 2.75) is 42.5 Å². The third-order valence-corrected chi connectivity index (χ3v) is 5.14. The second-order valence-corrected chi connectivity index (χ2v) is 6.98. The first-order chi connectivity index (χ1) is 10.0. The molecule has 3 N–H and O–H groups in total. The van der Waals surface area contributed by atoms with Gasteiger partial charge in [0.2, 0.25) is 11.0 Å². The van der Waals surface area contributed by atoms with Gasteiger partial charge in [-0.2, -0.15) is 0 Å². The van der Waals surface area contributed by atoms with E-state index in [1.807, 2.05) is 0 Å². The Bertz CT molecular complexity index is 514. The number of esters is 1. The molecule has 0 unspecified atom stereocenters. The number of hydrogen-bond donors (Lipinski definition) is 2. The Balaban J connectivity index is 1.85. The van der Waals surface area contributed by atoms with Gasteiger partial charge in [0, 0.05) is 0 Å². The van der Waals surface area contributed by atoms with Crippen LogP contribution >= 0.6 is 23.1 Å². The van der Waals surface area contributed by atoms with E-state index in [-0.39, 0.29) is 17.6 Å². The molecule has 9 heteroatoms. The number of aromatic nitrogens is 2. The maximum Gasteiger partial charge on any atom is 0.316 e. The van der Waals surface area contributed by atoms with Crippen molar-refractivity contribution in [2.24, 2.45) is 5.73 Å². The fourth-order valence-corrected chi connectivity index (χ4v) is 3.64. The predicted molar refractivity (Wildman–Crippen MR) is 81.3 cm³/mol. The second kappa shape index (κ2) is 7.19. The zero-order valence-corrected chi connectivity index (χ0v) is 13.4. The Morgan fingerprint density at radius 1 is 1.43 bits per heavy atom. The van der Waals surface area contributed by atoms with Crippen molar-refractivity contribution in [3.63, 3.8) is 0 Å². The third-order valence-electron chi connectivity index (χ3n) is 3.19. The molecular weight excluding hydrogens is 312 g/mol. The average Bonchev–Trinajstić information content (AvgIpc) is 3.07. The Hall–Kier alpha value is -1.19. The summed E-state index contributed by atoms with van der Waals surface area (Å²) in [5.74, 6) is -0.328. The van der Waals surface area contributed by atoms with E-state index in [1.165, 1.54) is 23.1 Å². The van der Waals surface area contributed by atoms with Gasteiger partial charge in [-0.15, -0.1) is 10.2 Å². The molecule has 7 nitrogen and oxygen atoms in total. The van der Waals surface area contributed by atoms with E-state index in [9.17, 15) is 9.59 Å². The van der Waals surface area contributed by atoms with Gasteiger partial charge in [-0.1, -0.05) is 35.9 Å². The molecule has 1 fully saturated rings. The van der Waals surface area contributed by atoms with Crippen LogP contribution in [0.4, 0.5) is 5.13 Å². The number of thioether (sulfide) groups is 1. The number of amides is 1. The van der Waals surface area contributed by atoms with Crippen LogP contribution in [0.2, 0.25) is 0 Å². The normalized spacial score (nSPS) is 16.7. The van der Waals surface area contributed by atoms with Crippen molar-refractivity contribution in [1.29, 1.82) is 0 Å². The number of ether oxygens (including phenoxy) is 1. The minimum absolute atomic E-state index is 0.178. The first-order valence-electron chi connectivity index (χ1n) is 6.76. The smallest absolute Gasteiger partial charge is 0.316 e. The molecule has 0 aromatic carbocycles. The SMILES string of the molecule is CCOC(=O)CSc1nnc(NC(=O)C2(N)CCCC2)s1. The van der Waals surface area contributed by atoms with E-state index < -0.39 is 5.54 Å². The zero-order chi connectivity index (χ0) is 15.3. The van der Waals surface area contributed by atoms with Crippen LogP contribution in [-0.2, 0) is 14.3 Å². The van der Waals surface area contributed by atoms with E-state index in [4.69, 9.17) is 10.5 Å². The van der Waals surface area contributed by atoms with Crippen LogP contribution in [-0.4, -0.2) is 40.0 Å². The highest BCUT2D eigenvalue weighted by Gasteiger charge is 2.37. The summed E-state index contributed by atoms with van der Waals surface area (Å²) in [5, 5.41) is 10.9. The number of carbonyl (C=O) groups is 2. The number of hydrogen-bond acceptors (Lipinski definition) is 8. The maximum atomic E-state index is 12.1. The van der Waals surface area contributed by atoms with E-state index >= 15 is 0 Å². The number of carbonyl (C=O) groups excluding carboxylic acids is 2. The molecule has 1 aliphatic rings. The lowest BCUT2D eigenvalue weighted by Gasteiger charge is -2.20. The average molecular weight is 330 g/mol. The summed E-state index contributed by atoms with van der Waals surface area (Å²) in [6.45, 7) is 2.11. The van der Waals surface area contributed by atoms with Crippen LogP contribution < -0.4 is 11.1 Å². The van der Waals surface area contributed by atoms with Crippen LogP contribution in [0, 0.1) is 0 Å². The molecule has 0 bridgehead atoms. The van der Waals surface area contributed by atoms with Gasteiger partial charge in [0.15, 0.2) is 4.34 Å². The number of rotatable bonds is 6. The summed E-state index contributed by atoms with van der Waals surface area (Å²) < 4.78 is 5.43. The van der Waals surface area contributed by atoms with Gasteiger partial charge in [-0.05, 0) is 19.8 Å². The van der Waals surface area contributed by atoms with Crippen molar-refractivity contribution >= 4 is 40.1 Å². The third kappa shape index (κ3) is 4.39. The van der Waals surface area contributed by atoms with E-state index in [0.717, 1.165) is 12.8 Å². The molecule has 0 atom stereocenters. The predicted octanol–water partition coefficient (Wildman–Crippen LogP) is 1.40. The second-order valence-electron chi connectivity index (χ2n) is 4.78. The fourth-order valence-electron chi connectivity index (χ4n) is 2.10. The van der Waals surface area contributed by atoms with Gasteiger partial charge in [-0.3, -0.25) is 14.9 Å². The first kappa shape index (κ1) is 16.2. The number of nitrogens with two attached hydrogens (primary N) is 1. The largest absolute Gasteiger partial charge is 0.465 e. The summed E-state index contributed by atoms with van der Waals surface area (Å²) in [5.41, 5.74) is 5.28. The van der Waals surface area contributed by atoms with Crippen molar-refractivity contribution in [2.75, 3.05) is 17.7 Å². The monoisotopic (exact) mass is 330 g/mol. The lowest BCUT2D eigenvalue weighted by Crippen LogP contribution is -2.48. The Morgan fingerprint density at radius 3 is 2.81 bits per heavy atom.